The smallest absolute Gasteiger partial charge is 0.273 e. The molecule has 0 spiro atoms. The minimum atomic E-state index is -0.00997. The molecule has 1 amide bonds. The van der Waals surface area contributed by atoms with E-state index in [-0.39, 0.29) is 5.91 Å². The maximum Gasteiger partial charge on any atom is 0.273 e. The number of aromatic nitrogens is 2. The molecule has 3 rings (SSSR count). The monoisotopic (exact) mass is 374 g/mol. The first-order valence-corrected chi connectivity index (χ1v) is 9.68. The fourth-order valence-corrected chi connectivity index (χ4v) is 3.80. The van der Waals surface area contributed by atoms with Crippen molar-refractivity contribution < 1.29 is 4.79 Å². The molecule has 1 saturated heterocycles. The molecular formula is C20H27ClN4O. The maximum absolute atomic E-state index is 12.9. The van der Waals surface area contributed by atoms with E-state index in [1.807, 2.05) is 11.8 Å². The number of halogens is 1. The third kappa shape index (κ3) is 4.46. The fourth-order valence-electron chi connectivity index (χ4n) is 3.56. The highest BCUT2D eigenvalue weighted by molar-refractivity contribution is 6.34. The van der Waals surface area contributed by atoms with Crippen molar-refractivity contribution in [2.24, 2.45) is 7.05 Å². The second kappa shape index (κ2) is 8.69. The van der Waals surface area contributed by atoms with E-state index in [2.05, 4.69) is 40.3 Å². The first-order valence-electron chi connectivity index (χ1n) is 9.31. The van der Waals surface area contributed by atoms with Crippen molar-refractivity contribution in [3.05, 3.63) is 52.3 Å². The van der Waals surface area contributed by atoms with Gasteiger partial charge in [-0.2, -0.15) is 5.10 Å². The molecule has 0 N–H and O–H groups in total. The second-order valence-electron chi connectivity index (χ2n) is 6.95. The van der Waals surface area contributed by atoms with E-state index in [9.17, 15) is 4.79 Å². The van der Waals surface area contributed by atoms with E-state index in [0.717, 1.165) is 52.0 Å². The molecule has 140 valence electrons. The largest absolute Gasteiger partial charge is 0.336 e. The van der Waals surface area contributed by atoms with E-state index in [0.29, 0.717) is 16.4 Å². The van der Waals surface area contributed by atoms with Gasteiger partial charge in [-0.3, -0.25) is 9.48 Å². The molecule has 0 unspecified atom stereocenters. The molecule has 1 aliphatic rings. The molecule has 0 aliphatic carbocycles. The Kier molecular flexibility index (Phi) is 6.33. The van der Waals surface area contributed by atoms with Gasteiger partial charge in [-0.25, -0.2) is 0 Å². The zero-order valence-corrected chi connectivity index (χ0v) is 16.4. The molecule has 5 nitrogen and oxygen atoms in total. The van der Waals surface area contributed by atoms with E-state index >= 15 is 0 Å². The van der Waals surface area contributed by atoms with Crippen LogP contribution in [-0.2, 0) is 13.5 Å². The molecule has 1 aromatic heterocycles. The Bertz CT molecular complexity index is 744. The number of carbonyl (C=O) groups is 1. The number of rotatable bonds is 5. The normalized spacial score (nSPS) is 15.9. The van der Waals surface area contributed by atoms with Gasteiger partial charge in [0.2, 0.25) is 0 Å². The van der Waals surface area contributed by atoms with E-state index in [4.69, 9.17) is 11.6 Å². The topological polar surface area (TPSA) is 41.4 Å². The van der Waals surface area contributed by atoms with Crippen LogP contribution < -0.4 is 0 Å². The van der Waals surface area contributed by atoms with Crippen molar-refractivity contribution in [1.29, 1.82) is 0 Å². The summed E-state index contributed by atoms with van der Waals surface area (Å²) < 4.78 is 1.60. The number of hydrogen-bond acceptors (Lipinski definition) is 3. The molecule has 1 aliphatic heterocycles. The summed E-state index contributed by atoms with van der Waals surface area (Å²) in [6, 6.07) is 10.6. The first kappa shape index (κ1) is 18.9. The minimum Gasteiger partial charge on any atom is -0.336 e. The summed E-state index contributed by atoms with van der Waals surface area (Å²) in [6.07, 6.45) is 3.24. The predicted octanol–water partition coefficient (Wildman–Crippen LogP) is 3.16. The molecule has 0 saturated carbocycles. The summed E-state index contributed by atoms with van der Waals surface area (Å²) in [5.74, 6) is -0.00997. The second-order valence-corrected chi connectivity index (χ2v) is 7.33. The van der Waals surface area contributed by atoms with Gasteiger partial charge in [0.15, 0.2) is 0 Å². The Morgan fingerprint density at radius 1 is 1.15 bits per heavy atom. The molecule has 2 heterocycles. The van der Waals surface area contributed by atoms with Gasteiger partial charge in [0, 0.05) is 26.7 Å². The molecule has 2 aromatic rings. The van der Waals surface area contributed by atoms with Crippen LogP contribution in [0, 0.1) is 6.92 Å². The summed E-state index contributed by atoms with van der Waals surface area (Å²) >= 11 is 6.28. The molecule has 6 heteroatoms. The minimum absolute atomic E-state index is 0.00997. The lowest BCUT2D eigenvalue weighted by atomic mass is 10.1. The number of carbonyl (C=O) groups excluding carboxylic acids is 1. The Labute approximate surface area is 160 Å². The summed E-state index contributed by atoms with van der Waals surface area (Å²) in [4.78, 5) is 17.3. The van der Waals surface area contributed by atoms with Crippen molar-refractivity contribution >= 4 is 17.5 Å². The molecule has 0 radical (unpaired) electrons. The lowest BCUT2D eigenvalue weighted by Gasteiger charge is -2.22. The lowest BCUT2D eigenvalue weighted by Crippen LogP contribution is -2.36. The third-order valence-electron chi connectivity index (χ3n) is 5.01. The predicted molar refractivity (Wildman–Crippen MR) is 105 cm³/mol. The molecule has 0 atom stereocenters. The van der Waals surface area contributed by atoms with Gasteiger partial charge in [0.1, 0.15) is 5.69 Å². The van der Waals surface area contributed by atoms with Crippen molar-refractivity contribution in [3.63, 3.8) is 0 Å². The van der Waals surface area contributed by atoms with Crippen LogP contribution in [0.15, 0.2) is 30.3 Å². The van der Waals surface area contributed by atoms with Gasteiger partial charge in [0.05, 0.1) is 10.7 Å². The van der Waals surface area contributed by atoms with Crippen molar-refractivity contribution in [3.8, 4) is 0 Å². The van der Waals surface area contributed by atoms with Crippen LogP contribution in [0.1, 0.15) is 34.6 Å². The summed E-state index contributed by atoms with van der Waals surface area (Å²) in [5, 5.41) is 4.73. The van der Waals surface area contributed by atoms with Crippen molar-refractivity contribution in [2.45, 2.75) is 26.2 Å². The zero-order chi connectivity index (χ0) is 18.5. The molecule has 1 fully saturated rings. The highest BCUT2D eigenvalue weighted by atomic mass is 35.5. The molecular weight excluding hydrogens is 348 g/mol. The standard InChI is InChI=1S/C20H27ClN4O/c1-16-18(21)19(23(2)22-16)20(26)25-13-7-12-24(14-15-25)11-6-10-17-8-4-3-5-9-17/h3-5,8-9H,6-7,10-15H2,1-2H3. The number of nitrogens with zero attached hydrogens (tertiary/aromatic N) is 4. The molecule has 1 aromatic carbocycles. The van der Waals surface area contributed by atoms with Gasteiger partial charge < -0.3 is 9.80 Å². The van der Waals surface area contributed by atoms with Crippen LogP contribution in [0.25, 0.3) is 0 Å². The maximum atomic E-state index is 12.9. The van der Waals surface area contributed by atoms with Crippen LogP contribution in [0.4, 0.5) is 0 Å². The van der Waals surface area contributed by atoms with Crippen LogP contribution in [0.3, 0.4) is 0 Å². The number of aryl methyl sites for hydroxylation is 3. The summed E-state index contributed by atoms with van der Waals surface area (Å²) in [7, 11) is 1.78. The third-order valence-corrected chi connectivity index (χ3v) is 5.46. The van der Waals surface area contributed by atoms with Gasteiger partial charge in [-0.1, -0.05) is 41.9 Å². The van der Waals surface area contributed by atoms with Crippen molar-refractivity contribution in [2.75, 3.05) is 32.7 Å². The SMILES string of the molecule is Cc1nn(C)c(C(=O)N2CCCN(CCCc3ccccc3)CC2)c1Cl. The van der Waals surface area contributed by atoms with Gasteiger partial charge in [0.25, 0.3) is 5.91 Å². The van der Waals surface area contributed by atoms with E-state index in [1.54, 1.807) is 11.7 Å². The average Bonchev–Trinajstić information content (AvgIpc) is 2.81. The molecule has 26 heavy (non-hydrogen) atoms. The van der Waals surface area contributed by atoms with Crippen LogP contribution in [0.2, 0.25) is 5.02 Å². The average molecular weight is 375 g/mol. The zero-order valence-electron chi connectivity index (χ0n) is 15.6. The van der Waals surface area contributed by atoms with Gasteiger partial charge in [-0.15, -0.1) is 0 Å². The molecule has 0 bridgehead atoms. The summed E-state index contributed by atoms with van der Waals surface area (Å²) in [6.45, 7) is 6.36. The highest BCUT2D eigenvalue weighted by Crippen LogP contribution is 2.21. The summed E-state index contributed by atoms with van der Waals surface area (Å²) in [5.41, 5.74) is 2.59. The quantitative estimate of drug-likeness (QED) is 0.807. The lowest BCUT2D eigenvalue weighted by molar-refractivity contribution is 0.0750. The number of benzene rings is 1. The van der Waals surface area contributed by atoms with Crippen LogP contribution in [0.5, 0.6) is 0 Å². The number of amides is 1. The highest BCUT2D eigenvalue weighted by Gasteiger charge is 2.25. The number of hydrogen-bond donors (Lipinski definition) is 0. The Balaban J connectivity index is 1.52. The van der Waals surface area contributed by atoms with Gasteiger partial charge in [-0.05, 0) is 44.8 Å². The van der Waals surface area contributed by atoms with E-state index < -0.39 is 0 Å². The van der Waals surface area contributed by atoms with Crippen LogP contribution in [-0.4, -0.2) is 58.2 Å². The van der Waals surface area contributed by atoms with E-state index in [1.165, 1.54) is 5.56 Å². The first-order chi connectivity index (χ1) is 12.6. The Hall–Kier alpha value is -1.85. The Morgan fingerprint density at radius 2 is 1.92 bits per heavy atom. The Morgan fingerprint density at radius 3 is 2.62 bits per heavy atom. The van der Waals surface area contributed by atoms with Gasteiger partial charge >= 0.3 is 0 Å². The van der Waals surface area contributed by atoms with Crippen LogP contribution >= 0.6 is 11.6 Å². The fraction of sp³-hybridized carbons (Fsp3) is 0.500. The van der Waals surface area contributed by atoms with Crippen molar-refractivity contribution in [1.82, 2.24) is 19.6 Å².